The maximum Gasteiger partial charge on any atom is 0.254 e. The summed E-state index contributed by atoms with van der Waals surface area (Å²) in [5.41, 5.74) is 1.96. The van der Waals surface area contributed by atoms with E-state index in [0.717, 1.165) is 49.1 Å². The van der Waals surface area contributed by atoms with Gasteiger partial charge in [-0.3, -0.25) is 9.59 Å². The van der Waals surface area contributed by atoms with Crippen LogP contribution in [0.4, 0.5) is 0 Å². The molecule has 1 fully saturated rings. The number of rotatable bonds is 7. The fourth-order valence-corrected chi connectivity index (χ4v) is 4.84. The summed E-state index contributed by atoms with van der Waals surface area (Å²) in [6.07, 6.45) is 3.70. The normalized spacial score (nSPS) is 21.4. The molecule has 2 heterocycles. The molecule has 1 N–H and O–H groups in total. The van der Waals surface area contributed by atoms with E-state index in [4.69, 9.17) is 14.2 Å². The van der Waals surface area contributed by atoms with Gasteiger partial charge >= 0.3 is 0 Å². The molecule has 0 aromatic heterocycles. The fraction of sp³-hybridized carbons (Fsp3) is 0.440. The Hall–Kier alpha value is -3.22. The summed E-state index contributed by atoms with van der Waals surface area (Å²) in [6, 6.07) is 13.3. The van der Waals surface area contributed by atoms with Gasteiger partial charge in [0.1, 0.15) is 12.4 Å². The average Bonchev–Trinajstić information content (AvgIpc) is 3.41. The van der Waals surface area contributed by atoms with Crippen LogP contribution in [0.1, 0.15) is 41.6 Å². The van der Waals surface area contributed by atoms with E-state index in [2.05, 4.69) is 5.32 Å². The quantitative estimate of drug-likeness (QED) is 0.674. The van der Waals surface area contributed by atoms with Crippen molar-refractivity contribution in [3.8, 4) is 17.2 Å². The van der Waals surface area contributed by atoms with Gasteiger partial charge in [-0.1, -0.05) is 18.2 Å². The van der Waals surface area contributed by atoms with Crippen LogP contribution in [0, 0.1) is 11.8 Å². The number of fused-ring (bicyclic) bond motifs is 2. The number of carbonyl (C=O) groups excluding carboxylic acids is 2. The Morgan fingerprint density at radius 1 is 1.06 bits per heavy atom. The molecule has 5 rings (SSSR count). The predicted octanol–water partition coefficient (Wildman–Crippen LogP) is 3.37. The van der Waals surface area contributed by atoms with Gasteiger partial charge in [0, 0.05) is 30.6 Å². The Bertz CT molecular complexity index is 1000. The first kappa shape index (κ1) is 20.7. The molecule has 0 bridgehead atoms. The zero-order valence-corrected chi connectivity index (χ0v) is 18.0. The SMILES string of the molecule is O=C(NCCOc1ccc2c(c1)OCO2)C1CCC(CN2Cc3ccccc3C2=O)CC1. The molecule has 2 aliphatic heterocycles. The van der Waals surface area contributed by atoms with Gasteiger partial charge < -0.3 is 24.4 Å². The molecule has 7 nitrogen and oxygen atoms in total. The zero-order valence-electron chi connectivity index (χ0n) is 18.0. The molecule has 2 aromatic rings. The number of amides is 2. The lowest BCUT2D eigenvalue weighted by atomic mass is 9.81. The van der Waals surface area contributed by atoms with Crippen molar-refractivity contribution in [2.24, 2.45) is 11.8 Å². The molecular weight excluding hydrogens is 408 g/mol. The van der Waals surface area contributed by atoms with Crippen LogP contribution in [0.3, 0.4) is 0 Å². The van der Waals surface area contributed by atoms with Crippen molar-refractivity contribution in [1.82, 2.24) is 10.2 Å². The number of carbonyl (C=O) groups is 2. The Kier molecular flexibility index (Phi) is 5.88. The van der Waals surface area contributed by atoms with Gasteiger partial charge in [-0.2, -0.15) is 0 Å². The number of nitrogens with one attached hydrogen (secondary N) is 1. The van der Waals surface area contributed by atoms with Crippen molar-refractivity contribution in [1.29, 1.82) is 0 Å². The summed E-state index contributed by atoms with van der Waals surface area (Å²) in [6.45, 7) is 2.59. The maximum atomic E-state index is 12.6. The van der Waals surface area contributed by atoms with Gasteiger partial charge in [0.15, 0.2) is 11.5 Å². The second kappa shape index (κ2) is 9.10. The first-order chi connectivity index (χ1) is 15.7. The van der Waals surface area contributed by atoms with E-state index in [1.165, 1.54) is 0 Å². The second-order valence-electron chi connectivity index (χ2n) is 8.72. The van der Waals surface area contributed by atoms with Crippen LogP contribution in [0.15, 0.2) is 42.5 Å². The monoisotopic (exact) mass is 436 g/mol. The van der Waals surface area contributed by atoms with Crippen molar-refractivity contribution >= 4 is 11.8 Å². The second-order valence-corrected chi connectivity index (χ2v) is 8.72. The topological polar surface area (TPSA) is 77.1 Å². The van der Waals surface area contributed by atoms with Crippen LogP contribution < -0.4 is 19.5 Å². The van der Waals surface area contributed by atoms with Gasteiger partial charge in [0.05, 0.1) is 6.54 Å². The molecule has 32 heavy (non-hydrogen) atoms. The highest BCUT2D eigenvalue weighted by Gasteiger charge is 2.32. The summed E-state index contributed by atoms with van der Waals surface area (Å²) >= 11 is 0. The van der Waals surface area contributed by atoms with E-state index < -0.39 is 0 Å². The number of hydrogen-bond acceptors (Lipinski definition) is 5. The Morgan fingerprint density at radius 2 is 1.88 bits per heavy atom. The van der Waals surface area contributed by atoms with Crippen molar-refractivity contribution in [3.63, 3.8) is 0 Å². The molecule has 0 atom stereocenters. The summed E-state index contributed by atoms with van der Waals surface area (Å²) < 4.78 is 16.3. The number of nitrogens with zero attached hydrogens (tertiary/aromatic N) is 1. The predicted molar refractivity (Wildman–Crippen MR) is 118 cm³/mol. The van der Waals surface area contributed by atoms with Crippen LogP contribution >= 0.6 is 0 Å². The molecule has 3 aliphatic rings. The lowest BCUT2D eigenvalue weighted by molar-refractivity contribution is -0.126. The minimum Gasteiger partial charge on any atom is -0.492 e. The van der Waals surface area contributed by atoms with Crippen LogP contribution in [0.2, 0.25) is 0 Å². The van der Waals surface area contributed by atoms with E-state index >= 15 is 0 Å². The minimum atomic E-state index is 0.0447. The van der Waals surface area contributed by atoms with Crippen molar-refractivity contribution in [3.05, 3.63) is 53.6 Å². The third-order valence-electron chi connectivity index (χ3n) is 6.61. The molecule has 0 radical (unpaired) electrons. The van der Waals surface area contributed by atoms with Crippen molar-refractivity contribution in [2.75, 3.05) is 26.5 Å². The Balaban J connectivity index is 1.01. The first-order valence-electron chi connectivity index (χ1n) is 11.3. The minimum absolute atomic E-state index is 0.0447. The van der Waals surface area contributed by atoms with Crippen LogP contribution in [-0.2, 0) is 11.3 Å². The smallest absolute Gasteiger partial charge is 0.254 e. The third kappa shape index (κ3) is 4.38. The summed E-state index contributed by atoms with van der Waals surface area (Å²) in [4.78, 5) is 27.1. The fourth-order valence-electron chi connectivity index (χ4n) is 4.84. The number of ether oxygens (including phenoxy) is 3. The highest BCUT2D eigenvalue weighted by molar-refractivity contribution is 5.98. The first-order valence-corrected chi connectivity index (χ1v) is 11.3. The zero-order chi connectivity index (χ0) is 21.9. The van der Waals surface area contributed by atoms with Crippen molar-refractivity contribution < 1.29 is 23.8 Å². The van der Waals surface area contributed by atoms with E-state index in [-0.39, 0.29) is 24.5 Å². The average molecular weight is 437 g/mol. The van der Waals surface area contributed by atoms with Gasteiger partial charge in [0.25, 0.3) is 5.91 Å². The van der Waals surface area contributed by atoms with Gasteiger partial charge in [0.2, 0.25) is 12.7 Å². The third-order valence-corrected chi connectivity index (χ3v) is 6.61. The summed E-state index contributed by atoms with van der Waals surface area (Å²) in [5, 5.41) is 3.00. The summed E-state index contributed by atoms with van der Waals surface area (Å²) in [5.74, 6) is 2.85. The molecule has 0 unspecified atom stereocenters. The highest BCUT2D eigenvalue weighted by atomic mass is 16.7. The highest BCUT2D eigenvalue weighted by Crippen LogP contribution is 2.35. The molecule has 1 aliphatic carbocycles. The number of hydrogen-bond donors (Lipinski definition) is 1. The van der Waals surface area contributed by atoms with Gasteiger partial charge in [-0.25, -0.2) is 0 Å². The molecular formula is C25H28N2O5. The molecule has 168 valence electrons. The van der Waals surface area contributed by atoms with Crippen LogP contribution in [-0.4, -0.2) is 43.2 Å². The molecule has 2 aromatic carbocycles. The van der Waals surface area contributed by atoms with E-state index in [0.29, 0.717) is 37.1 Å². The van der Waals surface area contributed by atoms with E-state index in [9.17, 15) is 9.59 Å². The molecule has 1 saturated carbocycles. The number of benzene rings is 2. The molecule has 2 amide bonds. The molecule has 0 spiro atoms. The molecule has 7 heteroatoms. The maximum absolute atomic E-state index is 12.6. The lowest BCUT2D eigenvalue weighted by Gasteiger charge is -2.30. The summed E-state index contributed by atoms with van der Waals surface area (Å²) in [7, 11) is 0. The van der Waals surface area contributed by atoms with Crippen LogP contribution in [0.5, 0.6) is 17.2 Å². The Morgan fingerprint density at radius 3 is 2.72 bits per heavy atom. The van der Waals surface area contributed by atoms with Crippen molar-refractivity contribution in [2.45, 2.75) is 32.2 Å². The largest absolute Gasteiger partial charge is 0.492 e. The standard InChI is InChI=1S/C25H28N2O5/c28-24(26-11-12-30-20-9-10-22-23(13-20)32-16-31-22)18-7-5-17(6-8-18)14-27-15-19-3-1-2-4-21(19)25(27)29/h1-4,9-10,13,17-18H,5-8,11-12,14-16H2,(H,26,28). The molecule has 0 saturated heterocycles. The van der Waals surface area contributed by atoms with E-state index in [1.54, 1.807) is 6.07 Å². The van der Waals surface area contributed by atoms with Crippen LogP contribution in [0.25, 0.3) is 0 Å². The lowest BCUT2D eigenvalue weighted by Crippen LogP contribution is -2.37. The van der Waals surface area contributed by atoms with E-state index in [1.807, 2.05) is 41.3 Å². The van der Waals surface area contributed by atoms with Gasteiger partial charge in [-0.15, -0.1) is 0 Å². The Labute approximate surface area is 187 Å². The van der Waals surface area contributed by atoms with Gasteiger partial charge in [-0.05, 0) is 55.4 Å².